The van der Waals surface area contributed by atoms with Gasteiger partial charge in [-0.3, -0.25) is 0 Å². The molecule has 0 radical (unpaired) electrons. The largest absolute Gasteiger partial charge is 0.394 e. The van der Waals surface area contributed by atoms with E-state index in [1.165, 1.54) is 9.36 Å². The minimum atomic E-state index is -0.786. The molecule has 0 fully saturated rings. The van der Waals surface area contributed by atoms with Crippen LogP contribution in [0.15, 0.2) is 31.1 Å². The van der Waals surface area contributed by atoms with Gasteiger partial charge in [0.05, 0.1) is 91.7 Å². The molecule has 0 aliphatic rings. The molecule has 47 heavy (non-hydrogen) atoms. The van der Waals surface area contributed by atoms with Crippen LogP contribution in [0.5, 0.6) is 0 Å². The minimum absolute atomic E-state index is 0.0222. The summed E-state index contributed by atoms with van der Waals surface area (Å²) in [5, 5.41) is 91.5. The molecule has 0 saturated carbocycles. The smallest absolute Gasteiger partial charge is 0.244 e. The molecule has 0 aromatic carbocycles. The first-order chi connectivity index (χ1) is 22.9. The van der Waals surface area contributed by atoms with Gasteiger partial charge in [0.25, 0.3) is 0 Å². The van der Waals surface area contributed by atoms with Crippen LogP contribution in [0.3, 0.4) is 0 Å². The molecule has 3 heterocycles. The van der Waals surface area contributed by atoms with E-state index in [0.29, 0.717) is 24.5 Å². The molecule has 0 unspecified atom stereocenters. The summed E-state index contributed by atoms with van der Waals surface area (Å²) in [6, 6.07) is -1.05. The number of hydrogen-bond acceptors (Lipinski definition) is 16. The van der Waals surface area contributed by atoms with Gasteiger partial charge in [0.15, 0.2) is 0 Å². The maximum Gasteiger partial charge on any atom is 0.244 e. The first kappa shape index (κ1) is 38.5. The van der Waals surface area contributed by atoms with Gasteiger partial charge in [-0.1, -0.05) is 10.4 Å². The molecule has 0 spiro atoms. The molecule has 20 heteroatoms. The summed E-state index contributed by atoms with van der Waals surface area (Å²) in [6.45, 7) is -2.17. The Morgan fingerprint density at radius 1 is 0.574 bits per heavy atom. The van der Waals surface area contributed by atoms with Gasteiger partial charge in [0, 0.05) is 0 Å². The third-order valence-corrected chi connectivity index (χ3v) is 7.03. The second-order valence-corrected chi connectivity index (χ2v) is 10.7. The molecular formula is C27H47N8O12+. The van der Waals surface area contributed by atoms with Gasteiger partial charge >= 0.3 is 0 Å². The predicted molar refractivity (Wildman–Crippen MR) is 157 cm³/mol. The summed E-state index contributed by atoms with van der Waals surface area (Å²) in [5.41, 5.74) is 1.22. The summed E-state index contributed by atoms with van der Waals surface area (Å²) < 4.78 is 29.0. The Morgan fingerprint density at radius 2 is 0.957 bits per heavy atom. The van der Waals surface area contributed by atoms with Crippen LogP contribution in [0.25, 0.3) is 0 Å². The van der Waals surface area contributed by atoms with Crippen LogP contribution < -0.4 is 4.57 Å². The molecule has 0 amide bonds. The number of aromatic nitrogens is 8. The van der Waals surface area contributed by atoms with Crippen LogP contribution in [0.1, 0.15) is 23.5 Å². The highest BCUT2D eigenvalue weighted by Gasteiger charge is 2.22. The van der Waals surface area contributed by atoms with Crippen molar-refractivity contribution in [3.05, 3.63) is 42.5 Å². The van der Waals surface area contributed by atoms with Crippen molar-refractivity contribution in [3.8, 4) is 0 Å². The van der Waals surface area contributed by atoms with Gasteiger partial charge in [-0.25, -0.2) is 18.5 Å². The van der Waals surface area contributed by atoms with Gasteiger partial charge in [-0.05, 0) is 0 Å². The third-order valence-electron chi connectivity index (χ3n) is 7.03. The molecule has 3 rings (SSSR count). The average Bonchev–Trinajstić information content (AvgIpc) is 3.87. The predicted octanol–water partition coefficient (Wildman–Crippen LogP) is -5.38. The SMILES string of the molecule is OCC(CO)OCC(COC(CO)CO)n1cc(Cn2cc[n+](Cc3cn(C(COC(CO)CO)COC(CO)CO)nn3)c2)nn1. The first-order valence-corrected chi connectivity index (χ1v) is 15.1. The van der Waals surface area contributed by atoms with E-state index < -0.39 is 36.5 Å². The maximum atomic E-state index is 9.34. The van der Waals surface area contributed by atoms with Crippen molar-refractivity contribution in [1.82, 2.24) is 34.6 Å². The molecule has 0 bridgehead atoms. The lowest BCUT2D eigenvalue weighted by Gasteiger charge is -2.22. The van der Waals surface area contributed by atoms with Gasteiger partial charge in [-0.2, -0.15) is 0 Å². The van der Waals surface area contributed by atoms with Crippen molar-refractivity contribution in [2.45, 2.75) is 49.6 Å². The van der Waals surface area contributed by atoms with Crippen molar-refractivity contribution in [3.63, 3.8) is 0 Å². The topological polar surface area (TPSA) is 269 Å². The van der Waals surface area contributed by atoms with E-state index in [0.717, 1.165) is 0 Å². The number of aliphatic hydroxyl groups excluding tert-OH is 8. The number of rotatable bonds is 26. The van der Waals surface area contributed by atoms with E-state index in [1.54, 1.807) is 12.4 Å². The standard InChI is InChI=1S/C27H47N8O12/c36-7-24(8-37)44-15-22(16-45-25(9-38)10-39)34-5-20(28-30-34)3-32-1-2-33(19-32)4-21-6-35(31-29-21)23(17-46-26(11-40)12-41)18-47-27(13-42)14-43/h1-2,5-6,19,22-27,36-43H,3-4,7-18H2/q+1. The summed E-state index contributed by atoms with van der Waals surface area (Å²) in [7, 11) is 0. The normalized spacial score (nSPS) is 12.4. The Hall–Kier alpha value is -2.99. The molecule has 0 atom stereocenters. The lowest BCUT2D eigenvalue weighted by molar-refractivity contribution is -0.688. The Bertz CT molecular complexity index is 1110. The molecular weight excluding hydrogens is 628 g/mol. The molecule has 8 N–H and O–H groups in total. The molecule has 3 aromatic rings. The molecule has 266 valence electrons. The number of imidazole rings is 1. The zero-order chi connectivity index (χ0) is 34.0. The summed E-state index contributed by atoms with van der Waals surface area (Å²) >= 11 is 0. The van der Waals surface area contributed by atoms with E-state index in [2.05, 4.69) is 20.6 Å². The molecule has 0 aliphatic heterocycles. The monoisotopic (exact) mass is 675 g/mol. The number of nitrogens with zero attached hydrogens (tertiary/aromatic N) is 8. The highest BCUT2D eigenvalue weighted by atomic mass is 16.5. The van der Waals surface area contributed by atoms with Gasteiger partial charge in [0.1, 0.15) is 73.4 Å². The van der Waals surface area contributed by atoms with Gasteiger partial charge in [0.2, 0.25) is 6.33 Å². The molecule has 0 aliphatic carbocycles. The van der Waals surface area contributed by atoms with E-state index in [9.17, 15) is 40.9 Å². The fourth-order valence-electron chi connectivity index (χ4n) is 4.17. The van der Waals surface area contributed by atoms with E-state index in [1.807, 2.05) is 27.9 Å². The highest BCUT2D eigenvalue weighted by molar-refractivity contribution is 4.96. The fourth-order valence-corrected chi connectivity index (χ4v) is 4.17. The van der Waals surface area contributed by atoms with Crippen molar-refractivity contribution in [1.29, 1.82) is 0 Å². The number of hydrogen-bond donors (Lipinski definition) is 8. The van der Waals surface area contributed by atoms with Gasteiger partial charge in [-0.15, -0.1) is 10.2 Å². The van der Waals surface area contributed by atoms with Crippen molar-refractivity contribution >= 4 is 0 Å². The highest BCUT2D eigenvalue weighted by Crippen LogP contribution is 2.13. The van der Waals surface area contributed by atoms with Crippen LogP contribution in [-0.2, 0) is 32.0 Å². The minimum Gasteiger partial charge on any atom is -0.394 e. The number of ether oxygens (including phenoxy) is 4. The maximum absolute atomic E-state index is 9.34. The molecule has 3 aromatic heterocycles. The van der Waals surface area contributed by atoms with Crippen LogP contribution in [0.4, 0.5) is 0 Å². The van der Waals surface area contributed by atoms with Crippen molar-refractivity contribution < 1.29 is 64.4 Å². The molecule has 20 nitrogen and oxygen atoms in total. The van der Waals surface area contributed by atoms with E-state index in [-0.39, 0.29) is 79.3 Å². The van der Waals surface area contributed by atoms with Crippen molar-refractivity contribution in [2.24, 2.45) is 0 Å². The van der Waals surface area contributed by atoms with Crippen molar-refractivity contribution in [2.75, 3.05) is 79.3 Å². The second kappa shape index (κ2) is 21.1. The van der Waals surface area contributed by atoms with E-state index in [4.69, 9.17) is 18.9 Å². The zero-order valence-corrected chi connectivity index (χ0v) is 26.0. The summed E-state index contributed by atoms with van der Waals surface area (Å²) in [5.74, 6) is 0. The number of aliphatic hydroxyl groups is 8. The fraction of sp³-hybridized carbons (Fsp3) is 0.741. The summed E-state index contributed by atoms with van der Waals surface area (Å²) in [6.07, 6.45) is 5.78. The second-order valence-electron chi connectivity index (χ2n) is 10.7. The van der Waals surface area contributed by atoms with E-state index >= 15 is 0 Å². The van der Waals surface area contributed by atoms with Crippen LogP contribution in [0, 0.1) is 0 Å². The Labute approximate surface area is 270 Å². The average molecular weight is 676 g/mol. The quantitative estimate of drug-likeness (QED) is 0.0369. The van der Waals surface area contributed by atoms with Crippen LogP contribution in [-0.4, -0.2) is 179 Å². The Morgan fingerprint density at radius 3 is 1.36 bits per heavy atom. The molecule has 0 saturated heterocycles. The Balaban J connectivity index is 1.64. The summed E-state index contributed by atoms with van der Waals surface area (Å²) in [4.78, 5) is 0. The lowest BCUT2D eigenvalue weighted by atomic mass is 10.3. The zero-order valence-electron chi connectivity index (χ0n) is 26.0. The van der Waals surface area contributed by atoms with Gasteiger partial charge < -0.3 is 59.8 Å². The lowest BCUT2D eigenvalue weighted by Crippen LogP contribution is -2.32. The van der Waals surface area contributed by atoms with Crippen LogP contribution >= 0.6 is 0 Å². The Kier molecular flexibility index (Phi) is 17.2. The third kappa shape index (κ3) is 12.5. The first-order valence-electron chi connectivity index (χ1n) is 15.1. The van der Waals surface area contributed by atoms with Crippen LogP contribution in [0.2, 0.25) is 0 Å².